The summed E-state index contributed by atoms with van der Waals surface area (Å²) in [6, 6.07) is 14.7. The first kappa shape index (κ1) is 44.3. The lowest BCUT2D eigenvalue weighted by molar-refractivity contribution is -0.136. The van der Waals surface area contributed by atoms with Gasteiger partial charge in [-0.15, -0.1) is 0 Å². The number of fused-ring (bicyclic) bond motifs is 4. The van der Waals surface area contributed by atoms with Crippen LogP contribution in [0.25, 0.3) is 11.1 Å². The van der Waals surface area contributed by atoms with Gasteiger partial charge in [0, 0.05) is 99.2 Å². The maximum absolute atomic E-state index is 14.0. The number of imide groups is 2. The van der Waals surface area contributed by atoms with Gasteiger partial charge in [0.15, 0.2) is 0 Å². The van der Waals surface area contributed by atoms with E-state index < -0.39 is 29.7 Å². The third-order valence-electron chi connectivity index (χ3n) is 15.1. The molecule has 1 aromatic carbocycles. The number of nitrogen functional groups attached to an aromatic ring is 1. The van der Waals surface area contributed by atoms with E-state index in [1.54, 1.807) is 29.4 Å². The number of hydrogen-bond acceptors (Lipinski definition) is 14. The number of aliphatic hydroxyl groups excluding tert-OH is 1. The molecule has 1 unspecified atom stereocenters. The van der Waals surface area contributed by atoms with E-state index in [9.17, 15) is 29.1 Å². The summed E-state index contributed by atoms with van der Waals surface area (Å²) >= 11 is 0. The number of carbonyl (C=O) groups is 5. The molecule has 5 amide bonds. The molecular formula is C51H56N12O6. The zero-order valence-electron chi connectivity index (χ0n) is 39.1. The Hall–Kier alpha value is -7.18. The van der Waals surface area contributed by atoms with Crippen LogP contribution in [0, 0.1) is 5.41 Å². The average Bonchev–Trinajstić information content (AvgIpc) is 3.93. The number of nitrogens with zero attached hydrogens (tertiary/aromatic N) is 9. The second-order valence-corrected chi connectivity index (χ2v) is 20.1. The molecule has 18 heteroatoms. The molecule has 3 fully saturated rings. The number of aromatic nitrogens is 4. The van der Waals surface area contributed by atoms with Crippen LogP contribution in [0.15, 0.2) is 67.1 Å². The molecule has 11 rings (SSSR count). The van der Waals surface area contributed by atoms with E-state index in [0.29, 0.717) is 70.2 Å². The van der Waals surface area contributed by atoms with Gasteiger partial charge in [0.2, 0.25) is 11.8 Å². The Morgan fingerprint density at radius 2 is 1.61 bits per heavy atom. The molecule has 0 spiro atoms. The van der Waals surface area contributed by atoms with Crippen LogP contribution >= 0.6 is 0 Å². The highest BCUT2D eigenvalue weighted by atomic mass is 16.3. The van der Waals surface area contributed by atoms with E-state index in [4.69, 9.17) is 10.7 Å². The molecule has 18 nitrogen and oxygen atoms in total. The number of aliphatic hydroxyl groups is 1. The molecule has 69 heavy (non-hydrogen) atoms. The number of benzene rings is 1. The fourth-order valence-electron chi connectivity index (χ4n) is 11.6. The monoisotopic (exact) mass is 932 g/mol. The number of piperidine rings is 2. The Balaban J connectivity index is 0.707. The zero-order valence-corrected chi connectivity index (χ0v) is 39.1. The first-order chi connectivity index (χ1) is 33.2. The molecule has 356 valence electrons. The quantitative estimate of drug-likeness (QED) is 0.150. The van der Waals surface area contributed by atoms with Crippen LogP contribution in [0.2, 0.25) is 0 Å². The van der Waals surface area contributed by atoms with Gasteiger partial charge in [-0.2, -0.15) is 0 Å². The Morgan fingerprint density at radius 1 is 0.812 bits per heavy atom. The molecule has 0 bridgehead atoms. The molecule has 6 aliphatic rings. The maximum atomic E-state index is 14.0. The largest absolute Gasteiger partial charge is 0.392 e. The number of pyridine rings is 3. The minimum atomic E-state index is -0.987. The summed E-state index contributed by atoms with van der Waals surface area (Å²) in [4.78, 5) is 88.7. The van der Waals surface area contributed by atoms with Gasteiger partial charge in [0.05, 0.1) is 35.3 Å². The van der Waals surface area contributed by atoms with Crippen molar-refractivity contribution in [2.45, 2.75) is 90.6 Å². The Morgan fingerprint density at radius 3 is 2.36 bits per heavy atom. The summed E-state index contributed by atoms with van der Waals surface area (Å²) in [6.45, 7) is 11.8. The molecule has 0 radical (unpaired) electrons. The van der Waals surface area contributed by atoms with E-state index in [1.165, 1.54) is 11.3 Å². The minimum Gasteiger partial charge on any atom is -0.392 e. The minimum absolute atomic E-state index is 0.0824. The van der Waals surface area contributed by atoms with Crippen LogP contribution in [0.4, 0.5) is 34.5 Å². The predicted octanol–water partition coefficient (Wildman–Crippen LogP) is 4.52. The van der Waals surface area contributed by atoms with Crippen LogP contribution in [-0.4, -0.2) is 121 Å². The third-order valence-corrected chi connectivity index (χ3v) is 15.1. The number of hydrogen-bond donors (Lipinski definition) is 4. The number of piperazine rings is 1. The molecule has 5 aromatic rings. The smallest absolute Gasteiger partial charge is 0.276 e. The molecule has 9 heterocycles. The first-order valence-corrected chi connectivity index (χ1v) is 24.0. The van der Waals surface area contributed by atoms with Gasteiger partial charge >= 0.3 is 0 Å². The van der Waals surface area contributed by atoms with Gasteiger partial charge in [0.25, 0.3) is 17.7 Å². The SMILES string of the molecule is C[C@H]1CN(C2CCN(c3ccc4c(c3)C(=O)N(C3CCC(=O)NC3=O)C4=O)CC2)CCN1c1ccc(Nc2cc(-c3ccnc(N4CCn5c(cc6c5CC(C)(C)C6)C4=O)c3CO)cnc2N)nc1. The molecule has 5 N–H and O–H groups in total. The lowest BCUT2D eigenvalue weighted by Crippen LogP contribution is -2.57. The second-order valence-electron chi connectivity index (χ2n) is 20.1. The molecule has 5 aliphatic heterocycles. The summed E-state index contributed by atoms with van der Waals surface area (Å²) in [5.74, 6) is -0.792. The van der Waals surface area contributed by atoms with Gasteiger partial charge < -0.3 is 30.5 Å². The average molecular weight is 933 g/mol. The normalized spacial score (nSPS) is 21.7. The van der Waals surface area contributed by atoms with Gasteiger partial charge in [-0.25, -0.2) is 15.0 Å². The number of nitrogens with two attached hydrogens (primary N) is 1. The number of amides is 5. The van der Waals surface area contributed by atoms with Gasteiger partial charge in [-0.05, 0) is 104 Å². The number of anilines is 6. The van der Waals surface area contributed by atoms with Crippen molar-refractivity contribution < 1.29 is 29.1 Å². The zero-order chi connectivity index (χ0) is 47.9. The van der Waals surface area contributed by atoms with Crippen molar-refractivity contribution in [3.63, 3.8) is 0 Å². The maximum Gasteiger partial charge on any atom is 0.276 e. The number of rotatable bonds is 9. The van der Waals surface area contributed by atoms with Crippen LogP contribution in [-0.2, 0) is 35.6 Å². The summed E-state index contributed by atoms with van der Waals surface area (Å²) in [6.07, 6.45) is 9.22. The van der Waals surface area contributed by atoms with Crippen LogP contribution in [0.1, 0.15) is 94.5 Å². The van der Waals surface area contributed by atoms with Crippen molar-refractivity contribution in [1.82, 2.24) is 34.6 Å². The van der Waals surface area contributed by atoms with Crippen molar-refractivity contribution in [3.8, 4) is 11.1 Å². The van der Waals surface area contributed by atoms with Gasteiger partial charge in [0.1, 0.15) is 29.2 Å². The summed E-state index contributed by atoms with van der Waals surface area (Å²) in [7, 11) is 0. The highest BCUT2D eigenvalue weighted by Crippen LogP contribution is 2.41. The van der Waals surface area contributed by atoms with Crippen molar-refractivity contribution in [2.75, 3.05) is 65.0 Å². The van der Waals surface area contributed by atoms with Crippen molar-refractivity contribution in [1.29, 1.82) is 0 Å². The molecule has 2 atom stereocenters. The highest BCUT2D eigenvalue weighted by molar-refractivity contribution is 6.23. The molecule has 0 saturated carbocycles. The Labute approximate surface area is 399 Å². The topological polar surface area (TPSA) is 215 Å². The predicted molar refractivity (Wildman–Crippen MR) is 259 cm³/mol. The lowest BCUT2D eigenvalue weighted by atomic mass is 9.90. The van der Waals surface area contributed by atoms with Crippen molar-refractivity contribution >= 4 is 64.1 Å². The molecule has 4 aromatic heterocycles. The Kier molecular flexibility index (Phi) is 11.0. The van der Waals surface area contributed by atoms with Crippen molar-refractivity contribution in [3.05, 3.63) is 101 Å². The summed E-state index contributed by atoms with van der Waals surface area (Å²) in [5, 5.41) is 16.4. The number of carbonyl (C=O) groups excluding carboxylic acids is 5. The summed E-state index contributed by atoms with van der Waals surface area (Å²) < 4.78 is 2.17. The third kappa shape index (κ3) is 7.84. The van der Waals surface area contributed by atoms with E-state index in [-0.39, 0.29) is 42.4 Å². The van der Waals surface area contributed by atoms with Gasteiger partial charge in [-0.1, -0.05) is 13.8 Å². The van der Waals surface area contributed by atoms with Crippen molar-refractivity contribution in [2.24, 2.45) is 5.41 Å². The molecule has 1 aliphatic carbocycles. The fourth-order valence-corrected chi connectivity index (χ4v) is 11.6. The number of nitrogens with one attached hydrogen (secondary N) is 2. The standard InChI is InChI=1S/C51H56N12O6/c1-29-27-59(32-11-14-58(15-12-32)33-4-6-36-37(22-33)49(68)63(48(36)67)40-7-9-44(65)57-47(40)66)16-17-60(29)34-5-8-43(54-26-34)56-39-20-31(25-55-45(39)52)35-10-13-53-46(38(35)28-64)62-19-18-61-41(50(62)69)21-30-23-51(2,3)24-42(30)61/h4-6,8,10,13,20-22,25-26,29,32,40,64H,7,9,11-12,14-19,23-24,27-28H2,1-3H3,(H2,52,55)(H,54,56)(H,57,65,66)/t29-,40?/m0/s1. The lowest BCUT2D eigenvalue weighted by Gasteiger charge is -2.46. The van der Waals surface area contributed by atoms with E-state index >= 15 is 0 Å². The van der Waals surface area contributed by atoms with Crippen LogP contribution in [0.5, 0.6) is 0 Å². The summed E-state index contributed by atoms with van der Waals surface area (Å²) in [5.41, 5.74) is 14.8. The van der Waals surface area contributed by atoms with Crippen LogP contribution in [0.3, 0.4) is 0 Å². The molecular weight excluding hydrogens is 877 g/mol. The highest BCUT2D eigenvalue weighted by Gasteiger charge is 2.45. The fraction of sp³-hybridized carbons (Fsp3) is 0.412. The first-order valence-electron chi connectivity index (χ1n) is 24.0. The van der Waals surface area contributed by atoms with E-state index in [1.807, 2.05) is 36.5 Å². The second kappa shape index (κ2) is 17.1. The Bertz CT molecular complexity index is 2940. The van der Waals surface area contributed by atoms with E-state index in [2.05, 4.69) is 66.7 Å². The van der Waals surface area contributed by atoms with Crippen LogP contribution < -0.4 is 31.1 Å². The van der Waals surface area contributed by atoms with E-state index in [0.717, 1.165) is 74.7 Å². The molecule has 3 saturated heterocycles. The van der Waals surface area contributed by atoms with Gasteiger partial charge in [-0.3, -0.25) is 44.0 Å².